The van der Waals surface area contributed by atoms with Crippen LogP contribution in [0.2, 0.25) is 5.02 Å². The molecular formula is C16H14ClNO. The van der Waals surface area contributed by atoms with E-state index in [1.54, 1.807) is 6.26 Å². The molecule has 0 saturated heterocycles. The van der Waals surface area contributed by atoms with Gasteiger partial charge in [0.15, 0.2) is 0 Å². The van der Waals surface area contributed by atoms with Crippen LogP contribution < -0.4 is 5.73 Å². The molecule has 0 aliphatic carbocycles. The normalized spacial score (nSPS) is 12.7. The van der Waals surface area contributed by atoms with Gasteiger partial charge in [0.25, 0.3) is 0 Å². The van der Waals surface area contributed by atoms with E-state index in [0.717, 1.165) is 33.5 Å². The molecule has 0 aliphatic heterocycles. The SMILES string of the molecule is NC(Cc1cccc(Cl)c1)c1coc2ccccc12. The Morgan fingerprint density at radius 3 is 2.79 bits per heavy atom. The van der Waals surface area contributed by atoms with Crippen LogP contribution in [-0.2, 0) is 6.42 Å². The molecule has 0 amide bonds. The molecule has 19 heavy (non-hydrogen) atoms. The molecular weight excluding hydrogens is 258 g/mol. The number of para-hydroxylation sites is 1. The third kappa shape index (κ3) is 2.50. The molecule has 0 saturated carbocycles. The van der Waals surface area contributed by atoms with E-state index in [9.17, 15) is 0 Å². The van der Waals surface area contributed by atoms with Crippen LogP contribution in [0, 0.1) is 0 Å². The van der Waals surface area contributed by atoms with Gasteiger partial charge in [-0.3, -0.25) is 0 Å². The van der Waals surface area contributed by atoms with Gasteiger partial charge in [-0.1, -0.05) is 41.9 Å². The monoisotopic (exact) mass is 271 g/mol. The van der Waals surface area contributed by atoms with E-state index in [-0.39, 0.29) is 6.04 Å². The highest BCUT2D eigenvalue weighted by Crippen LogP contribution is 2.27. The second-order valence-electron chi connectivity index (χ2n) is 4.63. The lowest BCUT2D eigenvalue weighted by molar-refractivity contribution is 0.599. The Morgan fingerprint density at radius 2 is 1.95 bits per heavy atom. The zero-order valence-corrected chi connectivity index (χ0v) is 11.1. The van der Waals surface area contributed by atoms with Gasteiger partial charge in [-0.15, -0.1) is 0 Å². The molecule has 1 atom stereocenters. The number of furan rings is 1. The first-order valence-electron chi connectivity index (χ1n) is 6.20. The summed E-state index contributed by atoms with van der Waals surface area (Å²) in [5, 5.41) is 1.82. The molecule has 3 heteroatoms. The Kier molecular flexibility index (Phi) is 3.28. The minimum absolute atomic E-state index is 0.0953. The van der Waals surface area contributed by atoms with E-state index in [1.165, 1.54) is 0 Å². The highest BCUT2D eigenvalue weighted by Gasteiger charge is 2.13. The van der Waals surface area contributed by atoms with Crippen LogP contribution in [0.3, 0.4) is 0 Å². The van der Waals surface area contributed by atoms with Crippen LogP contribution in [0.4, 0.5) is 0 Å². The number of rotatable bonds is 3. The topological polar surface area (TPSA) is 39.2 Å². The molecule has 1 unspecified atom stereocenters. The van der Waals surface area contributed by atoms with Crippen molar-refractivity contribution in [1.29, 1.82) is 0 Å². The minimum Gasteiger partial charge on any atom is -0.464 e. The van der Waals surface area contributed by atoms with Crippen molar-refractivity contribution in [2.75, 3.05) is 0 Å². The van der Waals surface area contributed by atoms with E-state index in [4.69, 9.17) is 21.8 Å². The summed E-state index contributed by atoms with van der Waals surface area (Å²) < 4.78 is 5.53. The van der Waals surface area contributed by atoms with Crippen molar-refractivity contribution in [1.82, 2.24) is 0 Å². The molecule has 0 fully saturated rings. The molecule has 3 aromatic rings. The van der Waals surface area contributed by atoms with Crippen molar-refractivity contribution >= 4 is 22.6 Å². The number of hydrogen-bond acceptors (Lipinski definition) is 2. The molecule has 0 radical (unpaired) electrons. The van der Waals surface area contributed by atoms with Crippen LogP contribution in [-0.4, -0.2) is 0 Å². The Bertz CT molecular complexity index is 705. The summed E-state index contributed by atoms with van der Waals surface area (Å²) >= 11 is 5.99. The van der Waals surface area contributed by atoms with Crippen molar-refractivity contribution in [3.8, 4) is 0 Å². The number of hydrogen-bond donors (Lipinski definition) is 1. The van der Waals surface area contributed by atoms with Gasteiger partial charge in [0, 0.05) is 22.0 Å². The van der Waals surface area contributed by atoms with Crippen LogP contribution in [0.1, 0.15) is 17.2 Å². The molecule has 2 N–H and O–H groups in total. The second-order valence-corrected chi connectivity index (χ2v) is 5.06. The van der Waals surface area contributed by atoms with Crippen LogP contribution in [0.5, 0.6) is 0 Å². The number of benzene rings is 2. The van der Waals surface area contributed by atoms with Gasteiger partial charge < -0.3 is 10.2 Å². The standard InChI is InChI=1S/C16H14ClNO/c17-12-5-3-4-11(8-12)9-15(18)14-10-19-16-7-2-1-6-13(14)16/h1-8,10,15H,9,18H2. The lowest BCUT2D eigenvalue weighted by Gasteiger charge is -2.10. The fraction of sp³-hybridized carbons (Fsp3) is 0.125. The molecule has 1 heterocycles. The molecule has 0 aliphatic rings. The van der Waals surface area contributed by atoms with Gasteiger partial charge in [0.05, 0.1) is 6.26 Å². The van der Waals surface area contributed by atoms with Crippen LogP contribution in [0.15, 0.2) is 59.2 Å². The van der Waals surface area contributed by atoms with Crippen LogP contribution >= 0.6 is 11.6 Å². The van der Waals surface area contributed by atoms with Crippen molar-refractivity contribution in [2.24, 2.45) is 5.73 Å². The lowest BCUT2D eigenvalue weighted by atomic mass is 9.99. The highest BCUT2D eigenvalue weighted by molar-refractivity contribution is 6.30. The Balaban J connectivity index is 1.90. The summed E-state index contributed by atoms with van der Waals surface area (Å²) in [6.45, 7) is 0. The molecule has 0 bridgehead atoms. The zero-order chi connectivity index (χ0) is 13.2. The lowest BCUT2D eigenvalue weighted by Crippen LogP contribution is -2.12. The van der Waals surface area contributed by atoms with E-state index in [1.807, 2.05) is 48.5 Å². The summed E-state index contributed by atoms with van der Waals surface area (Å²) in [7, 11) is 0. The number of nitrogens with two attached hydrogens (primary N) is 1. The average Bonchev–Trinajstić information content (AvgIpc) is 2.82. The van der Waals surface area contributed by atoms with Gasteiger partial charge in [-0.05, 0) is 30.2 Å². The summed E-state index contributed by atoms with van der Waals surface area (Å²) in [5.74, 6) is 0. The zero-order valence-electron chi connectivity index (χ0n) is 10.3. The first kappa shape index (κ1) is 12.3. The van der Waals surface area contributed by atoms with Crippen LogP contribution in [0.25, 0.3) is 11.0 Å². The maximum absolute atomic E-state index is 6.28. The van der Waals surface area contributed by atoms with E-state index < -0.39 is 0 Å². The van der Waals surface area contributed by atoms with Crippen molar-refractivity contribution < 1.29 is 4.42 Å². The van der Waals surface area contributed by atoms with Gasteiger partial charge in [0.1, 0.15) is 5.58 Å². The quantitative estimate of drug-likeness (QED) is 0.770. The van der Waals surface area contributed by atoms with E-state index in [0.29, 0.717) is 0 Å². The second kappa shape index (κ2) is 5.08. The average molecular weight is 272 g/mol. The predicted octanol–water partition coefficient (Wildman–Crippen LogP) is 4.33. The number of fused-ring (bicyclic) bond motifs is 1. The molecule has 2 nitrogen and oxygen atoms in total. The Hall–Kier alpha value is -1.77. The number of halogens is 1. The maximum Gasteiger partial charge on any atom is 0.134 e. The van der Waals surface area contributed by atoms with Gasteiger partial charge in [0.2, 0.25) is 0 Å². The fourth-order valence-electron chi connectivity index (χ4n) is 2.31. The highest BCUT2D eigenvalue weighted by atomic mass is 35.5. The summed E-state index contributed by atoms with van der Waals surface area (Å²) in [5.41, 5.74) is 9.33. The molecule has 2 aromatic carbocycles. The first-order chi connectivity index (χ1) is 9.24. The first-order valence-corrected chi connectivity index (χ1v) is 6.58. The van der Waals surface area contributed by atoms with Gasteiger partial charge in [-0.25, -0.2) is 0 Å². The summed E-state index contributed by atoms with van der Waals surface area (Å²) in [6, 6.07) is 15.6. The Labute approximate surface area is 116 Å². The van der Waals surface area contributed by atoms with Gasteiger partial charge in [-0.2, -0.15) is 0 Å². The van der Waals surface area contributed by atoms with Crippen molar-refractivity contribution in [3.63, 3.8) is 0 Å². The van der Waals surface area contributed by atoms with Gasteiger partial charge >= 0.3 is 0 Å². The molecule has 96 valence electrons. The molecule has 3 rings (SSSR count). The third-order valence-corrected chi connectivity index (χ3v) is 3.49. The van der Waals surface area contributed by atoms with E-state index in [2.05, 4.69) is 0 Å². The predicted molar refractivity (Wildman–Crippen MR) is 78.3 cm³/mol. The van der Waals surface area contributed by atoms with Crippen molar-refractivity contribution in [3.05, 3.63) is 70.9 Å². The minimum atomic E-state index is -0.0953. The Morgan fingerprint density at radius 1 is 1.11 bits per heavy atom. The molecule has 1 aromatic heterocycles. The third-order valence-electron chi connectivity index (χ3n) is 3.26. The maximum atomic E-state index is 6.28. The van der Waals surface area contributed by atoms with Crippen molar-refractivity contribution in [2.45, 2.75) is 12.5 Å². The fourth-order valence-corrected chi connectivity index (χ4v) is 2.53. The summed E-state index contributed by atoms with van der Waals surface area (Å²) in [6.07, 6.45) is 2.49. The smallest absolute Gasteiger partial charge is 0.134 e. The molecule has 0 spiro atoms. The van der Waals surface area contributed by atoms with E-state index >= 15 is 0 Å². The summed E-state index contributed by atoms with van der Waals surface area (Å²) in [4.78, 5) is 0. The largest absolute Gasteiger partial charge is 0.464 e.